The van der Waals surface area contributed by atoms with E-state index in [-0.39, 0.29) is 12.0 Å². The predicted octanol–water partition coefficient (Wildman–Crippen LogP) is 0.936. The minimum atomic E-state index is -0.321. The van der Waals surface area contributed by atoms with Gasteiger partial charge in [0.25, 0.3) is 0 Å². The quantitative estimate of drug-likeness (QED) is 0.647. The van der Waals surface area contributed by atoms with E-state index in [9.17, 15) is 9.90 Å². The summed E-state index contributed by atoms with van der Waals surface area (Å²) in [5.41, 5.74) is 0.789. The second-order valence-electron chi connectivity index (χ2n) is 3.49. The van der Waals surface area contributed by atoms with Gasteiger partial charge in [0.2, 0.25) is 5.91 Å². The van der Waals surface area contributed by atoms with Crippen molar-refractivity contribution in [1.82, 2.24) is 4.90 Å². The summed E-state index contributed by atoms with van der Waals surface area (Å²) in [6, 6.07) is 0. The number of carbonyl (C=O) groups is 1. The van der Waals surface area contributed by atoms with Crippen LogP contribution in [0.1, 0.15) is 26.7 Å². The minimum Gasteiger partial charge on any atom is -0.391 e. The number of aliphatic hydroxyl groups excluding tert-OH is 1. The lowest BCUT2D eigenvalue weighted by Gasteiger charge is -2.15. The van der Waals surface area contributed by atoms with Crippen LogP contribution < -0.4 is 0 Å². The number of β-amino-alcohol motifs (C(OH)–C–C–N with tert-alkyl or cyclic N) is 1. The molecule has 1 rings (SSSR count). The van der Waals surface area contributed by atoms with Crippen LogP contribution in [-0.4, -0.2) is 35.1 Å². The molecule has 0 radical (unpaired) electrons. The van der Waals surface area contributed by atoms with Gasteiger partial charge in [0, 0.05) is 18.7 Å². The van der Waals surface area contributed by atoms with Gasteiger partial charge in [-0.2, -0.15) is 0 Å². The monoisotopic (exact) mass is 183 g/mol. The fraction of sp³-hybridized carbons (Fsp3) is 0.700. The van der Waals surface area contributed by atoms with E-state index in [1.54, 1.807) is 4.90 Å². The lowest BCUT2D eigenvalue weighted by atomic mass is 10.2. The van der Waals surface area contributed by atoms with Gasteiger partial charge >= 0.3 is 0 Å². The maximum absolute atomic E-state index is 11.6. The smallest absolute Gasteiger partial charge is 0.249 e. The molecule has 0 aliphatic carbocycles. The first kappa shape index (κ1) is 10.3. The molecule has 1 amide bonds. The maximum atomic E-state index is 11.6. The first-order valence-electron chi connectivity index (χ1n) is 4.79. The fourth-order valence-corrected chi connectivity index (χ4v) is 1.57. The summed E-state index contributed by atoms with van der Waals surface area (Å²) in [5, 5.41) is 9.25. The lowest BCUT2D eigenvalue weighted by molar-refractivity contribution is -0.126. The molecule has 13 heavy (non-hydrogen) atoms. The van der Waals surface area contributed by atoms with Crippen molar-refractivity contribution in [2.45, 2.75) is 32.8 Å². The number of nitrogens with zero attached hydrogens (tertiary/aromatic N) is 1. The van der Waals surface area contributed by atoms with Crippen LogP contribution in [0.3, 0.4) is 0 Å². The van der Waals surface area contributed by atoms with Crippen LogP contribution in [0.15, 0.2) is 11.6 Å². The number of rotatable bonds is 2. The molecule has 1 atom stereocenters. The summed E-state index contributed by atoms with van der Waals surface area (Å²) in [7, 11) is 0. The molecule has 0 aromatic rings. The Morgan fingerprint density at radius 2 is 2.38 bits per heavy atom. The van der Waals surface area contributed by atoms with Gasteiger partial charge in [-0.1, -0.05) is 13.0 Å². The average molecular weight is 183 g/mol. The molecule has 1 saturated heterocycles. The van der Waals surface area contributed by atoms with E-state index in [0.717, 1.165) is 12.0 Å². The lowest BCUT2D eigenvalue weighted by Crippen LogP contribution is -2.30. The molecule has 1 heterocycles. The van der Waals surface area contributed by atoms with Crippen LogP contribution in [0.5, 0.6) is 0 Å². The van der Waals surface area contributed by atoms with Gasteiger partial charge in [0.1, 0.15) is 0 Å². The minimum absolute atomic E-state index is 0.0680. The first-order chi connectivity index (χ1) is 6.15. The third-order valence-corrected chi connectivity index (χ3v) is 2.30. The number of hydrogen-bond donors (Lipinski definition) is 1. The normalized spacial score (nSPS) is 23.8. The molecule has 3 nitrogen and oxygen atoms in total. The Morgan fingerprint density at radius 3 is 2.85 bits per heavy atom. The standard InChI is InChI=1S/C10H17NO2/c1-3-4-8(2)10(13)11-6-5-9(12)7-11/h4,9,12H,3,5-7H2,1-2H3/b8-4-/t9-/m0/s1. The van der Waals surface area contributed by atoms with Crippen LogP contribution >= 0.6 is 0 Å². The zero-order valence-electron chi connectivity index (χ0n) is 8.29. The van der Waals surface area contributed by atoms with Gasteiger partial charge in [0.05, 0.1) is 6.10 Å². The molecular weight excluding hydrogens is 166 g/mol. The Bertz CT molecular complexity index is 223. The van der Waals surface area contributed by atoms with Gasteiger partial charge in [-0.05, 0) is 19.8 Å². The second kappa shape index (κ2) is 4.42. The van der Waals surface area contributed by atoms with Crippen molar-refractivity contribution in [3.63, 3.8) is 0 Å². The van der Waals surface area contributed by atoms with E-state index in [0.29, 0.717) is 19.5 Å². The number of aliphatic hydroxyl groups is 1. The Morgan fingerprint density at radius 1 is 1.69 bits per heavy atom. The van der Waals surface area contributed by atoms with Crippen molar-refractivity contribution in [3.8, 4) is 0 Å². The van der Waals surface area contributed by atoms with Crippen molar-refractivity contribution in [1.29, 1.82) is 0 Å². The van der Waals surface area contributed by atoms with Crippen LogP contribution in [0.4, 0.5) is 0 Å². The largest absolute Gasteiger partial charge is 0.391 e. The zero-order valence-corrected chi connectivity index (χ0v) is 8.29. The Balaban J connectivity index is 2.53. The Labute approximate surface area is 79.0 Å². The topological polar surface area (TPSA) is 40.5 Å². The van der Waals surface area contributed by atoms with E-state index in [4.69, 9.17) is 0 Å². The number of carbonyl (C=O) groups excluding carboxylic acids is 1. The van der Waals surface area contributed by atoms with Crippen LogP contribution in [0, 0.1) is 0 Å². The molecule has 1 N–H and O–H groups in total. The summed E-state index contributed by atoms with van der Waals surface area (Å²) < 4.78 is 0. The molecule has 0 saturated carbocycles. The highest BCUT2D eigenvalue weighted by Gasteiger charge is 2.24. The second-order valence-corrected chi connectivity index (χ2v) is 3.49. The fourth-order valence-electron chi connectivity index (χ4n) is 1.57. The number of hydrogen-bond acceptors (Lipinski definition) is 2. The van der Waals surface area contributed by atoms with Crippen molar-refractivity contribution >= 4 is 5.91 Å². The summed E-state index contributed by atoms with van der Waals surface area (Å²) in [5.74, 6) is 0.0680. The van der Waals surface area contributed by atoms with Gasteiger partial charge in [-0.3, -0.25) is 4.79 Å². The van der Waals surface area contributed by atoms with Crippen LogP contribution in [-0.2, 0) is 4.79 Å². The van der Waals surface area contributed by atoms with Crippen molar-refractivity contribution < 1.29 is 9.90 Å². The number of amides is 1. The van der Waals surface area contributed by atoms with E-state index in [1.807, 2.05) is 19.9 Å². The predicted molar refractivity (Wildman–Crippen MR) is 51.3 cm³/mol. The number of allylic oxidation sites excluding steroid dienone is 1. The van der Waals surface area contributed by atoms with Gasteiger partial charge in [-0.15, -0.1) is 0 Å². The molecule has 1 aliphatic heterocycles. The highest BCUT2D eigenvalue weighted by Crippen LogP contribution is 2.12. The summed E-state index contributed by atoms with van der Waals surface area (Å²) in [4.78, 5) is 13.3. The molecule has 3 heteroatoms. The molecule has 0 spiro atoms. The van der Waals surface area contributed by atoms with Gasteiger partial charge in [-0.25, -0.2) is 0 Å². The van der Waals surface area contributed by atoms with Gasteiger partial charge in [0.15, 0.2) is 0 Å². The molecule has 1 aliphatic rings. The molecule has 0 aromatic carbocycles. The van der Waals surface area contributed by atoms with E-state index < -0.39 is 0 Å². The maximum Gasteiger partial charge on any atom is 0.249 e. The zero-order chi connectivity index (χ0) is 9.84. The molecule has 1 fully saturated rings. The summed E-state index contributed by atoms with van der Waals surface area (Å²) in [6.45, 7) is 5.02. The Hall–Kier alpha value is -0.830. The molecular formula is C10H17NO2. The SMILES string of the molecule is CC/C=C(/C)C(=O)N1CC[C@H](O)C1. The third-order valence-electron chi connectivity index (χ3n) is 2.30. The molecule has 0 aromatic heterocycles. The first-order valence-corrected chi connectivity index (χ1v) is 4.79. The summed E-state index contributed by atoms with van der Waals surface area (Å²) in [6.07, 6.45) is 3.20. The van der Waals surface area contributed by atoms with Gasteiger partial charge < -0.3 is 10.0 Å². The van der Waals surface area contributed by atoms with E-state index in [2.05, 4.69) is 0 Å². The Kier molecular flexibility index (Phi) is 3.48. The third kappa shape index (κ3) is 2.56. The highest BCUT2D eigenvalue weighted by molar-refractivity contribution is 5.92. The highest BCUT2D eigenvalue weighted by atomic mass is 16.3. The number of likely N-dealkylation sites (tertiary alicyclic amines) is 1. The van der Waals surface area contributed by atoms with Crippen LogP contribution in [0.2, 0.25) is 0 Å². The molecule has 0 bridgehead atoms. The average Bonchev–Trinajstić information content (AvgIpc) is 2.51. The van der Waals surface area contributed by atoms with Crippen molar-refractivity contribution in [2.24, 2.45) is 0 Å². The van der Waals surface area contributed by atoms with E-state index >= 15 is 0 Å². The van der Waals surface area contributed by atoms with Crippen molar-refractivity contribution in [3.05, 3.63) is 11.6 Å². The molecule has 74 valence electrons. The van der Waals surface area contributed by atoms with E-state index in [1.165, 1.54) is 0 Å². The van der Waals surface area contributed by atoms with Crippen LogP contribution in [0.25, 0.3) is 0 Å². The van der Waals surface area contributed by atoms with Crippen molar-refractivity contribution in [2.75, 3.05) is 13.1 Å². The summed E-state index contributed by atoms with van der Waals surface area (Å²) >= 11 is 0. The molecule has 0 unspecified atom stereocenters.